The van der Waals surface area contributed by atoms with Gasteiger partial charge in [-0.25, -0.2) is 0 Å². The molecule has 0 radical (unpaired) electrons. The molecule has 0 saturated carbocycles. The van der Waals surface area contributed by atoms with E-state index in [0.29, 0.717) is 10.0 Å². The van der Waals surface area contributed by atoms with Gasteiger partial charge in [0, 0.05) is 6.54 Å². The van der Waals surface area contributed by atoms with Gasteiger partial charge in [-0.1, -0.05) is 29.3 Å². The molecule has 1 aromatic carbocycles. The van der Waals surface area contributed by atoms with E-state index in [1.807, 2.05) is 18.2 Å². The van der Waals surface area contributed by atoms with Gasteiger partial charge >= 0.3 is 0 Å². The lowest BCUT2D eigenvalue weighted by atomic mass is 10.2. The Morgan fingerprint density at radius 2 is 1.78 bits per heavy atom. The molecule has 0 spiro atoms. The summed E-state index contributed by atoms with van der Waals surface area (Å²) in [5.74, 6) is 0. The Hall–Kier alpha value is 0.300. The van der Waals surface area contributed by atoms with Crippen molar-refractivity contribution < 1.29 is 0 Å². The highest BCUT2D eigenvalue weighted by molar-refractivity contribution is 6.42. The van der Waals surface area contributed by atoms with Crippen LogP contribution in [-0.2, 0) is 6.54 Å². The third-order valence-corrected chi connectivity index (χ3v) is 3.01. The van der Waals surface area contributed by atoms with Crippen LogP contribution in [0.15, 0.2) is 18.2 Å². The van der Waals surface area contributed by atoms with Gasteiger partial charge in [-0.3, -0.25) is 0 Å². The average molecular weight is 334 g/mol. The maximum absolute atomic E-state index is 5.93. The van der Waals surface area contributed by atoms with Crippen molar-refractivity contribution in [3.8, 4) is 0 Å². The van der Waals surface area contributed by atoms with E-state index in [2.05, 4.69) is 24.3 Å². The second-order valence-electron chi connectivity index (χ2n) is 4.08. The number of hydrogen-bond acceptors (Lipinski definition) is 2. The second kappa shape index (κ2) is 11.2. The number of nitrogens with one attached hydrogen (secondary N) is 1. The summed E-state index contributed by atoms with van der Waals surface area (Å²) in [6, 6.07) is 5.73. The lowest BCUT2D eigenvalue weighted by Crippen LogP contribution is -2.20. The van der Waals surface area contributed by atoms with Crippen LogP contribution in [0.2, 0.25) is 10.0 Å². The van der Waals surface area contributed by atoms with Gasteiger partial charge in [0.1, 0.15) is 0 Å². The minimum atomic E-state index is 0. The molecule has 18 heavy (non-hydrogen) atoms. The summed E-state index contributed by atoms with van der Waals surface area (Å²) in [6.07, 6.45) is 1.15. The summed E-state index contributed by atoms with van der Waals surface area (Å²) in [6.45, 7) is 2.96. The van der Waals surface area contributed by atoms with Crippen LogP contribution in [0.1, 0.15) is 12.0 Å². The monoisotopic (exact) mass is 332 g/mol. The number of hydrogen-bond donors (Lipinski definition) is 1. The molecule has 1 N–H and O–H groups in total. The molecule has 1 rings (SSSR count). The molecule has 1 aromatic rings. The minimum Gasteiger partial charge on any atom is -0.313 e. The van der Waals surface area contributed by atoms with Crippen LogP contribution in [0.25, 0.3) is 0 Å². The molecule has 0 unspecified atom stereocenters. The minimum absolute atomic E-state index is 0. The maximum atomic E-state index is 5.93. The Labute approximate surface area is 132 Å². The maximum Gasteiger partial charge on any atom is 0.0595 e. The van der Waals surface area contributed by atoms with Crippen LogP contribution < -0.4 is 5.32 Å². The predicted octanol–water partition coefficient (Wildman–Crippen LogP) is 3.88. The van der Waals surface area contributed by atoms with Gasteiger partial charge in [0.05, 0.1) is 10.0 Å². The molecule has 0 aliphatic rings. The summed E-state index contributed by atoms with van der Waals surface area (Å²) in [5, 5.41) is 4.60. The fraction of sp³-hybridized carbons (Fsp3) is 0.500. The van der Waals surface area contributed by atoms with E-state index >= 15 is 0 Å². The molecule has 0 fully saturated rings. The van der Waals surface area contributed by atoms with Crippen molar-refractivity contribution in [1.82, 2.24) is 10.2 Å². The van der Waals surface area contributed by atoms with E-state index in [-0.39, 0.29) is 24.8 Å². The Kier molecular flexibility index (Phi) is 12.8. The smallest absolute Gasteiger partial charge is 0.0595 e. The summed E-state index contributed by atoms with van der Waals surface area (Å²) in [4.78, 5) is 2.18. The highest BCUT2D eigenvalue weighted by Crippen LogP contribution is 2.22. The highest BCUT2D eigenvalue weighted by atomic mass is 35.5. The molecule has 0 aromatic heterocycles. The molecule has 2 nitrogen and oxygen atoms in total. The van der Waals surface area contributed by atoms with Crippen LogP contribution >= 0.6 is 48.0 Å². The van der Waals surface area contributed by atoms with Crippen molar-refractivity contribution in [2.75, 3.05) is 27.2 Å². The molecular weight excluding hydrogens is 314 g/mol. The molecule has 0 bridgehead atoms. The van der Waals surface area contributed by atoms with E-state index in [1.54, 1.807) is 0 Å². The lowest BCUT2D eigenvalue weighted by molar-refractivity contribution is 0.394. The van der Waals surface area contributed by atoms with Crippen molar-refractivity contribution in [2.45, 2.75) is 13.0 Å². The van der Waals surface area contributed by atoms with Gasteiger partial charge in [-0.2, -0.15) is 0 Å². The molecule has 0 heterocycles. The van der Waals surface area contributed by atoms with Crippen molar-refractivity contribution in [2.24, 2.45) is 0 Å². The van der Waals surface area contributed by atoms with E-state index < -0.39 is 0 Å². The van der Waals surface area contributed by atoms with Gasteiger partial charge in [0.15, 0.2) is 0 Å². The molecular formula is C12H20Cl4N2. The van der Waals surface area contributed by atoms with Crippen LogP contribution in [0.4, 0.5) is 0 Å². The van der Waals surface area contributed by atoms with Gasteiger partial charge in [-0.05, 0) is 51.3 Å². The fourth-order valence-electron chi connectivity index (χ4n) is 1.40. The van der Waals surface area contributed by atoms with Crippen LogP contribution in [-0.4, -0.2) is 32.1 Å². The zero-order valence-corrected chi connectivity index (χ0v) is 13.7. The molecule has 6 heteroatoms. The molecule has 0 atom stereocenters. The molecule has 0 aliphatic carbocycles. The van der Waals surface area contributed by atoms with Crippen molar-refractivity contribution in [1.29, 1.82) is 0 Å². The number of nitrogens with zero attached hydrogens (tertiary/aromatic N) is 1. The Morgan fingerprint density at radius 1 is 1.11 bits per heavy atom. The van der Waals surface area contributed by atoms with E-state index in [4.69, 9.17) is 23.2 Å². The number of rotatable bonds is 6. The SMILES string of the molecule is CN(C)CCCNCc1ccc(Cl)c(Cl)c1.Cl.Cl. The molecule has 0 saturated heterocycles. The third kappa shape index (κ3) is 8.41. The standard InChI is InChI=1S/C12H18Cl2N2.2ClH/c1-16(2)7-3-6-15-9-10-4-5-11(13)12(14)8-10;;/h4-5,8,15H,3,6-7,9H2,1-2H3;2*1H. The first-order valence-electron chi connectivity index (χ1n) is 5.39. The number of benzene rings is 1. The van der Waals surface area contributed by atoms with E-state index in [0.717, 1.165) is 26.1 Å². The first-order chi connectivity index (χ1) is 7.59. The Morgan fingerprint density at radius 3 is 2.33 bits per heavy atom. The van der Waals surface area contributed by atoms with Gasteiger partial charge in [0.2, 0.25) is 0 Å². The van der Waals surface area contributed by atoms with E-state index in [9.17, 15) is 0 Å². The highest BCUT2D eigenvalue weighted by Gasteiger charge is 1.99. The molecule has 0 amide bonds. The third-order valence-electron chi connectivity index (χ3n) is 2.27. The normalized spacial score (nSPS) is 9.83. The second-order valence-corrected chi connectivity index (χ2v) is 4.90. The largest absolute Gasteiger partial charge is 0.313 e. The predicted molar refractivity (Wildman–Crippen MR) is 85.8 cm³/mol. The van der Waals surface area contributed by atoms with Crippen molar-refractivity contribution >= 4 is 48.0 Å². The first-order valence-corrected chi connectivity index (χ1v) is 6.14. The summed E-state index contributed by atoms with van der Waals surface area (Å²) in [5.41, 5.74) is 1.17. The van der Waals surface area contributed by atoms with Gasteiger partial charge in [0.25, 0.3) is 0 Å². The van der Waals surface area contributed by atoms with Crippen LogP contribution in [0, 0.1) is 0 Å². The fourth-order valence-corrected chi connectivity index (χ4v) is 1.72. The van der Waals surface area contributed by atoms with Crippen molar-refractivity contribution in [3.05, 3.63) is 33.8 Å². The zero-order valence-electron chi connectivity index (χ0n) is 10.6. The van der Waals surface area contributed by atoms with E-state index in [1.165, 1.54) is 5.56 Å². The number of halogens is 4. The quantitative estimate of drug-likeness (QED) is 0.795. The first kappa shape index (κ1) is 20.6. The summed E-state index contributed by atoms with van der Waals surface area (Å²) < 4.78 is 0. The van der Waals surface area contributed by atoms with Crippen molar-refractivity contribution in [3.63, 3.8) is 0 Å². The molecule has 106 valence electrons. The van der Waals surface area contributed by atoms with Gasteiger partial charge < -0.3 is 10.2 Å². The average Bonchev–Trinajstić information content (AvgIpc) is 2.22. The zero-order chi connectivity index (χ0) is 12.0. The van der Waals surface area contributed by atoms with Crippen LogP contribution in [0.3, 0.4) is 0 Å². The summed E-state index contributed by atoms with van der Waals surface area (Å²) >= 11 is 11.8. The topological polar surface area (TPSA) is 15.3 Å². The van der Waals surface area contributed by atoms with Crippen LogP contribution in [0.5, 0.6) is 0 Å². The lowest BCUT2D eigenvalue weighted by Gasteiger charge is -2.10. The van der Waals surface area contributed by atoms with Gasteiger partial charge in [-0.15, -0.1) is 24.8 Å². The Balaban J connectivity index is 0. The molecule has 0 aliphatic heterocycles. The Bertz CT molecular complexity index is 332. The summed E-state index contributed by atoms with van der Waals surface area (Å²) in [7, 11) is 4.16.